The van der Waals surface area contributed by atoms with Crippen molar-refractivity contribution < 1.29 is 4.74 Å². The van der Waals surface area contributed by atoms with E-state index in [0.717, 1.165) is 23.3 Å². The lowest BCUT2D eigenvalue weighted by molar-refractivity contribution is 0.169. The van der Waals surface area contributed by atoms with Crippen LogP contribution in [0.15, 0.2) is 18.2 Å². The number of benzene rings is 1. The van der Waals surface area contributed by atoms with Crippen molar-refractivity contribution in [3.63, 3.8) is 0 Å². The van der Waals surface area contributed by atoms with E-state index in [9.17, 15) is 0 Å². The molecule has 20 heavy (non-hydrogen) atoms. The zero-order chi connectivity index (χ0) is 14.1. The number of aromatic nitrogens is 2. The molecule has 108 valence electrons. The summed E-state index contributed by atoms with van der Waals surface area (Å²) in [5.41, 5.74) is 8.03. The number of anilines is 1. The first kappa shape index (κ1) is 13.2. The van der Waals surface area contributed by atoms with Crippen LogP contribution in [0.1, 0.15) is 19.3 Å². The fourth-order valence-corrected chi connectivity index (χ4v) is 3.08. The molecular formula is C15H22N4O. The first-order chi connectivity index (χ1) is 9.70. The van der Waals surface area contributed by atoms with Gasteiger partial charge >= 0.3 is 0 Å². The van der Waals surface area contributed by atoms with Gasteiger partial charge in [-0.15, -0.1) is 0 Å². The standard InChI is InChI=1S/C15H22N4O/c1-18-9-4-3-6-11(18)10-19-12-7-5-8-13(20-2)14(12)17-15(19)16/h5,7-8,11H,3-4,6,9-10H2,1-2H3,(H2,16,17). The van der Waals surface area contributed by atoms with Crippen LogP contribution in [0.3, 0.4) is 0 Å². The lowest BCUT2D eigenvalue weighted by Gasteiger charge is -2.32. The van der Waals surface area contributed by atoms with Crippen LogP contribution in [0.25, 0.3) is 11.0 Å². The molecule has 2 heterocycles. The summed E-state index contributed by atoms with van der Waals surface area (Å²) in [5.74, 6) is 1.36. The van der Waals surface area contributed by atoms with Gasteiger partial charge in [0.2, 0.25) is 5.95 Å². The molecule has 0 bridgehead atoms. The summed E-state index contributed by atoms with van der Waals surface area (Å²) in [6.45, 7) is 2.06. The van der Waals surface area contributed by atoms with Gasteiger partial charge < -0.3 is 19.9 Å². The number of piperidine rings is 1. The number of hydrogen-bond donors (Lipinski definition) is 1. The molecule has 1 saturated heterocycles. The summed E-state index contributed by atoms with van der Waals surface area (Å²) < 4.78 is 7.48. The van der Waals surface area contributed by atoms with Gasteiger partial charge in [0, 0.05) is 12.6 Å². The molecule has 2 aromatic rings. The van der Waals surface area contributed by atoms with Crippen molar-refractivity contribution >= 4 is 17.0 Å². The van der Waals surface area contributed by atoms with Crippen LogP contribution < -0.4 is 10.5 Å². The molecule has 5 heteroatoms. The molecule has 1 atom stereocenters. The van der Waals surface area contributed by atoms with Crippen LogP contribution in [-0.4, -0.2) is 41.2 Å². The largest absolute Gasteiger partial charge is 0.494 e. The number of hydrogen-bond acceptors (Lipinski definition) is 4. The van der Waals surface area contributed by atoms with Crippen LogP contribution in [-0.2, 0) is 6.54 Å². The zero-order valence-electron chi connectivity index (χ0n) is 12.2. The molecule has 0 amide bonds. The van der Waals surface area contributed by atoms with Crippen molar-refractivity contribution in [2.75, 3.05) is 26.4 Å². The molecule has 1 aromatic carbocycles. The van der Waals surface area contributed by atoms with E-state index in [1.165, 1.54) is 25.8 Å². The Balaban J connectivity index is 1.96. The van der Waals surface area contributed by atoms with Crippen LogP contribution in [0.2, 0.25) is 0 Å². The Labute approximate surface area is 119 Å². The van der Waals surface area contributed by atoms with Gasteiger partial charge in [-0.3, -0.25) is 0 Å². The van der Waals surface area contributed by atoms with Crippen molar-refractivity contribution in [2.45, 2.75) is 31.8 Å². The van der Waals surface area contributed by atoms with Crippen LogP contribution in [0.5, 0.6) is 5.75 Å². The first-order valence-corrected chi connectivity index (χ1v) is 7.19. The molecule has 3 rings (SSSR count). The van der Waals surface area contributed by atoms with E-state index in [0.29, 0.717) is 12.0 Å². The summed E-state index contributed by atoms with van der Waals surface area (Å²) in [7, 11) is 3.86. The second-order valence-electron chi connectivity index (χ2n) is 5.54. The summed E-state index contributed by atoms with van der Waals surface area (Å²) in [4.78, 5) is 6.90. The fourth-order valence-electron chi connectivity index (χ4n) is 3.08. The number of para-hydroxylation sites is 1. The molecule has 1 aliphatic heterocycles. The molecule has 1 fully saturated rings. The Morgan fingerprint density at radius 2 is 2.25 bits per heavy atom. The third-order valence-corrected chi connectivity index (χ3v) is 4.31. The molecule has 5 nitrogen and oxygen atoms in total. The predicted molar refractivity (Wildman–Crippen MR) is 81.0 cm³/mol. The molecule has 0 spiro atoms. The van der Waals surface area contributed by atoms with E-state index in [-0.39, 0.29) is 0 Å². The number of likely N-dealkylation sites (tertiary alicyclic amines) is 1. The Kier molecular flexibility index (Phi) is 3.53. The molecular weight excluding hydrogens is 252 g/mol. The van der Waals surface area contributed by atoms with Crippen molar-refractivity contribution in [1.29, 1.82) is 0 Å². The van der Waals surface area contributed by atoms with Crippen LogP contribution in [0.4, 0.5) is 5.95 Å². The molecule has 1 aromatic heterocycles. The predicted octanol–water partition coefficient (Wildman–Crippen LogP) is 2.11. The number of methoxy groups -OCH3 is 1. The van der Waals surface area contributed by atoms with Crippen molar-refractivity contribution in [3.8, 4) is 5.75 Å². The minimum absolute atomic E-state index is 0.537. The second-order valence-corrected chi connectivity index (χ2v) is 5.54. The monoisotopic (exact) mass is 274 g/mol. The topological polar surface area (TPSA) is 56.3 Å². The Morgan fingerprint density at radius 3 is 3.00 bits per heavy atom. The highest BCUT2D eigenvalue weighted by molar-refractivity contribution is 5.84. The minimum Gasteiger partial charge on any atom is -0.494 e. The van der Waals surface area contributed by atoms with Gasteiger partial charge in [-0.1, -0.05) is 12.5 Å². The van der Waals surface area contributed by atoms with Crippen LogP contribution >= 0.6 is 0 Å². The maximum Gasteiger partial charge on any atom is 0.201 e. The molecule has 0 aliphatic carbocycles. The highest BCUT2D eigenvalue weighted by Gasteiger charge is 2.21. The number of nitrogens with two attached hydrogens (primary N) is 1. The highest BCUT2D eigenvalue weighted by atomic mass is 16.5. The summed E-state index contributed by atoms with van der Waals surface area (Å²) in [5, 5.41) is 0. The fraction of sp³-hybridized carbons (Fsp3) is 0.533. The summed E-state index contributed by atoms with van der Waals surface area (Å²) >= 11 is 0. The quantitative estimate of drug-likeness (QED) is 0.931. The Morgan fingerprint density at radius 1 is 1.40 bits per heavy atom. The zero-order valence-corrected chi connectivity index (χ0v) is 12.2. The normalized spacial score (nSPS) is 20.4. The van der Waals surface area contributed by atoms with Crippen molar-refractivity contribution in [1.82, 2.24) is 14.5 Å². The Bertz CT molecular complexity index is 607. The number of fused-ring (bicyclic) bond motifs is 1. The maximum absolute atomic E-state index is 6.12. The van der Waals surface area contributed by atoms with E-state index < -0.39 is 0 Å². The molecule has 0 radical (unpaired) electrons. The minimum atomic E-state index is 0.537. The number of nitrogens with zero attached hydrogens (tertiary/aromatic N) is 3. The van der Waals surface area contributed by atoms with Gasteiger partial charge in [-0.25, -0.2) is 4.98 Å². The van der Waals surface area contributed by atoms with Gasteiger partial charge in [-0.05, 0) is 38.6 Å². The third kappa shape index (κ3) is 2.22. The average molecular weight is 274 g/mol. The summed E-state index contributed by atoms with van der Waals surface area (Å²) in [6, 6.07) is 6.51. The number of rotatable bonds is 3. The van der Waals surface area contributed by atoms with Crippen LogP contribution in [0, 0.1) is 0 Å². The first-order valence-electron chi connectivity index (χ1n) is 7.19. The summed E-state index contributed by atoms with van der Waals surface area (Å²) in [6.07, 6.45) is 3.81. The van der Waals surface area contributed by atoms with Gasteiger partial charge in [0.05, 0.1) is 12.6 Å². The van der Waals surface area contributed by atoms with Gasteiger partial charge in [0.25, 0.3) is 0 Å². The van der Waals surface area contributed by atoms with E-state index in [1.54, 1.807) is 7.11 Å². The smallest absolute Gasteiger partial charge is 0.201 e. The third-order valence-electron chi connectivity index (χ3n) is 4.31. The van der Waals surface area contributed by atoms with Gasteiger partial charge in [0.15, 0.2) is 0 Å². The number of nitrogen functional groups attached to an aromatic ring is 1. The van der Waals surface area contributed by atoms with E-state index in [4.69, 9.17) is 10.5 Å². The average Bonchev–Trinajstić information content (AvgIpc) is 2.77. The lowest BCUT2D eigenvalue weighted by Crippen LogP contribution is -2.39. The van der Waals surface area contributed by atoms with E-state index >= 15 is 0 Å². The Hall–Kier alpha value is -1.75. The van der Waals surface area contributed by atoms with Gasteiger partial charge in [-0.2, -0.15) is 0 Å². The molecule has 0 saturated carbocycles. The molecule has 1 aliphatic rings. The van der Waals surface area contributed by atoms with E-state index in [1.807, 2.05) is 12.1 Å². The van der Waals surface area contributed by atoms with E-state index in [2.05, 4.69) is 27.6 Å². The SMILES string of the molecule is COc1cccc2c1nc(N)n2CC1CCCCN1C. The number of ether oxygens (including phenoxy) is 1. The lowest BCUT2D eigenvalue weighted by atomic mass is 10.0. The van der Waals surface area contributed by atoms with Gasteiger partial charge in [0.1, 0.15) is 11.3 Å². The number of likely N-dealkylation sites (N-methyl/N-ethyl adjacent to an activating group) is 1. The van der Waals surface area contributed by atoms with Crippen molar-refractivity contribution in [3.05, 3.63) is 18.2 Å². The molecule has 2 N–H and O–H groups in total. The maximum atomic E-state index is 6.12. The second kappa shape index (κ2) is 5.32. The molecule has 1 unspecified atom stereocenters. The highest BCUT2D eigenvalue weighted by Crippen LogP contribution is 2.28. The van der Waals surface area contributed by atoms with Crippen molar-refractivity contribution in [2.24, 2.45) is 0 Å². The number of imidazole rings is 1.